The Hall–Kier alpha value is -3.43. The van der Waals surface area contributed by atoms with Crippen molar-refractivity contribution in [3.8, 4) is 11.5 Å². The number of aliphatic hydroxyl groups excluding tert-OH is 2. The first kappa shape index (κ1) is 26.2. The van der Waals surface area contributed by atoms with Gasteiger partial charge >= 0.3 is 5.97 Å². The van der Waals surface area contributed by atoms with E-state index in [1.807, 2.05) is 24.3 Å². The first-order valence-electron chi connectivity index (χ1n) is 11.2. The van der Waals surface area contributed by atoms with E-state index in [-0.39, 0.29) is 32.0 Å². The summed E-state index contributed by atoms with van der Waals surface area (Å²) in [6, 6.07) is 12.0. The largest absolute Gasteiger partial charge is 0.489 e. The molecule has 8 nitrogen and oxygen atoms in total. The smallest absolute Gasteiger partial charge is 0.335 e. The maximum atomic E-state index is 11.7. The van der Waals surface area contributed by atoms with Crippen LogP contribution in [0.5, 0.6) is 11.5 Å². The minimum atomic E-state index is -1.08. The maximum absolute atomic E-state index is 11.7. The Bertz CT molecular complexity index is 1170. The van der Waals surface area contributed by atoms with Gasteiger partial charge in [0.15, 0.2) is 0 Å². The van der Waals surface area contributed by atoms with E-state index in [4.69, 9.17) is 18.9 Å². The fourth-order valence-electron chi connectivity index (χ4n) is 3.57. The van der Waals surface area contributed by atoms with Gasteiger partial charge in [-0.3, -0.25) is 0 Å². The summed E-state index contributed by atoms with van der Waals surface area (Å²) in [5, 5.41) is 32.6. The summed E-state index contributed by atoms with van der Waals surface area (Å²) in [7, 11) is 0. The SMILES string of the molecule is C=CCOCC(O)COc1c2ccccc2c(OCC(O)COCC=C)c2cc(C(=O)O)ccc12. The standard InChI is InChI=1S/C27H30O8/c1-3-11-32-14-19(28)16-34-25-21-7-5-6-8-22(21)26(35-17-20(29)15-33-12-4-2)24-13-18(27(30)31)9-10-23(24)25/h3-10,13,19-20,28-29H,1-2,11-12,14-17H2,(H,30,31). The van der Waals surface area contributed by atoms with Crippen LogP contribution in [0, 0.1) is 0 Å². The van der Waals surface area contributed by atoms with Crippen molar-refractivity contribution in [2.45, 2.75) is 12.2 Å². The number of hydrogen-bond donors (Lipinski definition) is 3. The number of benzene rings is 3. The third-order valence-corrected chi connectivity index (χ3v) is 5.10. The minimum absolute atomic E-state index is 0.0313. The number of carboxylic acid groups (broad SMARTS) is 1. The number of aliphatic hydroxyl groups is 2. The molecule has 3 aromatic carbocycles. The van der Waals surface area contributed by atoms with Gasteiger partial charge in [0.2, 0.25) is 0 Å². The Morgan fingerprint density at radius 2 is 1.26 bits per heavy atom. The van der Waals surface area contributed by atoms with Crippen molar-refractivity contribution in [3.63, 3.8) is 0 Å². The minimum Gasteiger partial charge on any atom is -0.489 e. The van der Waals surface area contributed by atoms with Crippen molar-refractivity contribution in [1.82, 2.24) is 0 Å². The van der Waals surface area contributed by atoms with E-state index in [1.54, 1.807) is 18.2 Å². The molecule has 2 unspecified atom stereocenters. The van der Waals surface area contributed by atoms with Crippen LogP contribution in [-0.4, -0.2) is 73.1 Å². The Kier molecular flexibility index (Phi) is 9.63. The maximum Gasteiger partial charge on any atom is 0.335 e. The molecule has 3 rings (SSSR count). The zero-order chi connectivity index (χ0) is 25.2. The molecule has 3 N–H and O–H groups in total. The van der Waals surface area contributed by atoms with Crippen LogP contribution in [0.2, 0.25) is 0 Å². The van der Waals surface area contributed by atoms with Crippen LogP contribution in [0.15, 0.2) is 67.8 Å². The van der Waals surface area contributed by atoms with Crippen molar-refractivity contribution in [2.75, 3.05) is 39.6 Å². The Morgan fingerprint density at radius 1 is 0.771 bits per heavy atom. The summed E-state index contributed by atoms with van der Waals surface area (Å²) < 4.78 is 22.6. The number of carboxylic acids is 1. The molecule has 0 spiro atoms. The quantitative estimate of drug-likeness (QED) is 0.171. The van der Waals surface area contributed by atoms with Crippen LogP contribution in [-0.2, 0) is 9.47 Å². The number of carbonyl (C=O) groups is 1. The van der Waals surface area contributed by atoms with Crippen LogP contribution in [0.25, 0.3) is 21.5 Å². The molecule has 0 bridgehead atoms. The Balaban J connectivity index is 2.01. The third kappa shape index (κ3) is 6.80. The lowest BCUT2D eigenvalue weighted by molar-refractivity contribution is 0.0216. The molecule has 0 fully saturated rings. The molecule has 0 aromatic heterocycles. The molecule has 186 valence electrons. The number of aromatic carboxylic acids is 1. The summed E-state index contributed by atoms with van der Waals surface area (Å²) >= 11 is 0. The number of fused-ring (bicyclic) bond motifs is 2. The molecular formula is C27H30O8. The Morgan fingerprint density at radius 3 is 1.74 bits per heavy atom. The fourth-order valence-corrected chi connectivity index (χ4v) is 3.57. The second-order valence-corrected chi connectivity index (χ2v) is 7.85. The molecular weight excluding hydrogens is 452 g/mol. The van der Waals surface area contributed by atoms with Crippen molar-refractivity contribution in [3.05, 3.63) is 73.3 Å². The Labute approximate surface area is 203 Å². The van der Waals surface area contributed by atoms with E-state index in [0.717, 1.165) is 5.39 Å². The van der Waals surface area contributed by atoms with Crippen molar-refractivity contribution in [2.24, 2.45) is 0 Å². The second-order valence-electron chi connectivity index (χ2n) is 7.85. The molecule has 35 heavy (non-hydrogen) atoms. The third-order valence-electron chi connectivity index (χ3n) is 5.10. The van der Waals surface area contributed by atoms with Gasteiger partial charge in [0.05, 0.1) is 32.0 Å². The summed E-state index contributed by atoms with van der Waals surface area (Å²) in [4.78, 5) is 11.7. The lowest BCUT2D eigenvalue weighted by Gasteiger charge is -2.20. The van der Waals surface area contributed by atoms with E-state index >= 15 is 0 Å². The van der Waals surface area contributed by atoms with Crippen molar-refractivity contribution >= 4 is 27.5 Å². The van der Waals surface area contributed by atoms with Crippen molar-refractivity contribution in [1.29, 1.82) is 0 Å². The van der Waals surface area contributed by atoms with E-state index in [9.17, 15) is 20.1 Å². The normalized spacial score (nSPS) is 12.9. The molecule has 0 saturated carbocycles. The van der Waals surface area contributed by atoms with Gasteiger partial charge < -0.3 is 34.3 Å². The molecule has 0 aliphatic carbocycles. The second kappa shape index (κ2) is 12.9. The molecule has 0 radical (unpaired) electrons. The van der Waals surface area contributed by atoms with Crippen LogP contribution in [0.1, 0.15) is 10.4 Å². The van der Waals surface area contributed by atoms with Gasteiger partial charge in [-0.2, -0.15) is 0 Å². The van der Waals surface area contributed by atoms with Crippen LogP contribution >= 0.6 is 0 Å². The van der Waals surface area contributed by atoms with E-state index < -0.39 is 18.2 Å². The average Bonchev–Trinajstić information content (AvgIpc) is 2.86. The predicted octanol–water partition coefficient (Wildman–Crippen LogP) is 3.58. The van der Waals surface area contributed by atoms with Gasteiger partial charge in [-0.05, 0) is 18.2 Å². The van der Waals surface area contributed by atoms with Gasteiger partial charge in [0.1, 0.15) is 36.9 Å². The zero-order valence-corrected chi connectivity index (χ0v) is 19.4. The first-order valence-corrected chi connectivity index (χ1v) is 11.2. The highest BCUT2D eigenvalue weighted by atomic mass is 16.5. The number of rotatable bonds is 15. The predicted molar refractivity (Wildman–Crippen MR) is 133 cm³/mol. The lowest BCUT2D eigenvalue weighted by atomic mass is 9.98. The molecule has 0 amide bonds. The molecule has 0 saturated heterocycles. The summed E-state index contributed by atoms with van der Waals surface area (Å²) in [6.45, 7) is 7.82. The highest BCUT2D eigenvalue weighted by molar-refractivity contribution is 6.12. The summed E-state index contributed by atoms with van der Waals surface area (Å²) in [5.74, 6) is -0.178. The molecule has 2 atom stereocenters. The number of ether oxygens (including phenoxy) is 4. The monoisotopic (exact) mass is 482 g/mol. The molecule has 0 aliphatic rings. The number of hydrogen-bond acceptors (Lipinski definition) is 7. The van der Waals surface area contributed by atoms with Gasteiger partial charge in [-0.25, -0.2) is 4.79 Å². The molecule has 0 aliphatic heterocycles. The highest BCUT2D eigenvalue weighted by Crippen LogP contribution is 2.43. The summed E-state index contributed by atoms with van der Waals surface area (Å²) in [5.41, 5.74) is 0.0799. The molecule has 3 aromatic rings. The van der Waals surface area contributed by atoms with E-state index in [2.05, 4.69) is 13.2 Å². The topological polar surface area (TPSA) is 115 Å². The molecule has 0 heterocycles. The van der Waals surface area contributed by atoms with Gasteiger partial charge in [0.25, 0.3) is 0 Å². The van der Waals surface area contributed by atoms with Crippen molar-refractivity contribution < 1.29 is 39.1 Å². The zero-order valence-electron chi connectivity index (χ0n) is 19.4. The van der Waals surface area contributed by atoms with E-state index in [1.165, 1.54) is 12.1 Å². The average molecular weight is 483 g/mol. The van der Waals surface area contributed by atoms with Crippen LogP contribution in [0.4, 0.5) is 0 Å². The lowest BCUT2D eigenvalue weighted by Crippen LogP contribution is -2.24. The van der Waals surface area contributed by atoms with Crippen LogP contribution in [0.3, 0.4) is 0 Å². The first-order chi connectivity index (χ1) is 17.0. The summed E-state index contributed by atoms with van der Waals surface area (Å²) in [6.07, 6.45) is 1.41. The fraction of sp³-hybridized carbons (Fsp3) is 0.296. The van der Waals surface area contributed by atoms with Crippen LogP contribution < -0.4 is 9.47 Å². The highest BCUT2D eigenvalue weighted by Gasteiger charge is 2.20. The van der Waals surface area contributed by atoms with Gasteiger partial charge in [-0.15, -0.1) is 13.2 Å². The molecule has 8 heteroatoms. The van der Waals surface area contributed by atoms with E-state index in [0.29, 0.717) is 40.9 Å². The van der Waals surface area contributed by atoms with Gasteiger partial charge in [-0.1, -0.05) is 36.4 Å². The van der Waals surface area contributed by atoms with Gasteiger partial charge in [0, 0.05) is 21.5 Å².